The molecule has 0 aliphatic carbocycles. The fourth-order valence-corrected chi connectivity index (χ4v) is 2.54. The highest BCUT2D eigenvalue weighted by Crippen LogP contribution is 2.30. The Labute approximate surface area is 114 Å². The molecule has 1 atom stereocenters. The fourth-order valence-electron chi connectivity index (χ4n) is 2.33. The molecule has 0 saturated carbocycles. The van der Waals surface area contributed by atoms with E-state index in [1.807, 2.05) is 12.1 Å². The Morgan fingerprint density at radius 2 is 2.22 bits per heavy atom. The van der Waals surface area contributed by atoms with Crippen LogP contribution >= 0.6 is 11.6 Å². The van der Waals surface area contributed by atoms with Crippen molar-refractivity contribution < 1.29 is 9.47 Å². The SMILES string of the molecule is Cc1ccc(OCC2CCC(C)(C)O2)c(CCl)c1. The molecule has 3 heteroatoms. The standard InChI is InChI=1S/C15H21ClO2/c1-11-4-5-14(12(8-11)9-16)17-10-13-6-7-15(2,3)18-13/h4-5,8,13H,6-7,9-10H2,1-3H3. The Morgan fingerprint density at radius 3 is 2.83 bits per heavy atom. The van der Waals surface area contributed by atoms with Crippen molar-refractivity contribution in [2.24, 2.45) is 0 Å². The van der Waals surface area contributed by atoms with Gasteiger partial charge in [-0.2, -0.15) is 0 Å². The third kappa shape index (κ3) is 3.39. The number of alkyl halides is 1. The van der Waals surface area contributed by atoms with E-state index >= 15 is 0 Å². The van der Waals surface area contributed by atoms with E-state index in [2.05, 4.69) is 26.8 Å². The summed E-state index contributed by atoms with van der Waals surface area (Å²) in [4.78, 5) is 0. The predicted octanol–water partition coefficient (Wildman–Crippen LogP) is 4.07. The maximum Gasteiger partial charge on any atom is 0.123 e. The van der Waals surface area contributed by atoms with E-state index in [0.717, 1.165) is 24.2 Å². The number of hydrogen-bond donors (Lipinski definition) is 0. The zero-order valence-corrected chi connectivity index (χ0v) is 12.1. The van der Waals surface area contributed by atoms with Crippen LogP contribution in [-0.4, -0.2) is 18.3 Å². The van der Waals surface area contributed by atoms with E-state index in [4.69, 9.17) is 21.1 Å². The first-order valence-electron chi connectivity index (χ1n) is 6.46. The summed E-state index contributed by atoms with van der Waals surface area (Å²) in [6.07, 6.45) is 2.36. The third-order valence-electron chi connectivity index (χ3n) is 3.34. The Hall–Kier alpha value is -0.730. The number of rotatable bonds is 4. The van der Waals surface area contributed by atoms with Gasteiger partial charge in [-0.3, -0.25) is 0 Å². The summed E-state index contributed by atoms with van der Waals surface area (Å²) >= 11 is 5.93. The molecule has 1 heterocycles. The first kappa shape index (κ1) is 13.7. The molecule has 0 radical (unpaired) electrons. The summed E-state index contributed by atoms with van der Waals surface area (Å²) in [5.74, 6) is 1.36. The van der Waals surface area contributed by atoms with Crippen LogP contribution in [0.4, 0.5) is 0 Å². The van der Waals surface area contributed by atoms with Crippen LogP contribution in [0, 0.1) is 6.92 Å². The molecule has 1 aliphatic heterocycles. The Bertz CT molecular complexity index is 415. The number of ether oxygens (including phenoxy) is 2. The molecular formula is C15H21ClO2. The zero-order chi connectivity index (χ0) is 13.2. The lowest BCUT2D eigenvalue weighted by Gasteiger charge is -2.20. The van der Waals surface area contributed by atoms with Gasteiger partial charge >= 0.3 is 0 Å². The highest BCUT2D eigenvalue weighted by molar-refractivity contribution is 6.17. The van der Waals surface area contributed by atoms with Crippen molar-refractivity contribution in [3.63, 3.8) is 0 Å². The van der Waals surface area contributed by atoms with Gasteiger partial charge in [-0.15, -0.1) is 11.6 Å². The van der Waals surface area contributed by atoms with E-state index in [9.17, 15) is 0 Å². The molecule has 0 spiro atoms. The van der Waals surface area contributed by atoms with Gasteiger partial charge in [0.05, 0.1) is 17.6 Å². The molecule has 1 unspecified atom stereocenters. The second-order valence-electron chi connectivity index (χ2n) is 5.59. The first-order chi connectivity index (χ1) is 8.50. The summed E-state index contributed by atoms with van der Waals surface area (Å²) in [6.45, 7) is 6.92. The maximum atomic E-state index is 5.93. The van der Waals surface area contributed by atoms with Crippen LogP contribution in [0.15, 0.2) is 18.2 Å². The van der Waals surface area contributed by atoms with Crippen LogP contribution in [-0.2, 0) is 10.6 Å². The highest BCUT2D eigenvalue weighted by Gasteiger charge is 2.31. The number of aryl methyl sites for hydroxylation is 1. The second kappa shape index (κ2) is 5.50. The van der Waals surface area contributed by atoms with Gasteiger partial charge in [-0.05, 0) is 39.7 Å². The van der Waals surface area contributed by atoms with Gasteiger partial charge in [0.2, 0.25) is 0 Å². The topological polar surface area (TPSA) is 18.5 Å². The molecule has 1 fully saturated rings. The van der Waals surface area contributed by atoms with Crippen molar-refractivity contribution in [3.8, 4) is 5.75 Å². The number of hydrogen-bond acceptors (Lipinski definition) is 2. The predicted molar refractivity (Wildman–Crippen MR) is 74.4 cm³/mol. The molecule has 18 heavy (non-hydrogen) atoms. The van der Waals surface area contributed by atoms with Crippen molar-refractivity contribution in [1.29, 1.82) is 0 Å². The van der Waals surface area contributed by atoms with Gasteiger partial charge in [0.25, 0.3) is 0 Å². The second-order valence-corrected chi connectivity index (χ2v) is 5.86. The van der Waals surface area contributed by atoms with Crippen molar-refractivity contribution in [3.05, 3.63) is 29.3 Å². The minimum Gasteiger partial charge on any atom is -0.491 e. The third-order valence-corrected chi connectivity index (χ3v) is 3.63. The zero-order valence-electron chi connectivity index (χ0n) is 11.3. The van der Waals surface area contributed by atoms with Gasteiger partial charge in [0.1, 0.15) is 12.4 Å². The summed E-state index contributed by atoms with van der Waals surface area (Å²) in [5.41, 5.74) is 2.25. The molecule has 1 saturated heterocycles. The lowest BCUT2D eigenvalue weighted by Crippen LogP contribution is -2.24. The van der Waals surface area contributed by atoms with Gasteiger partial charge in [-0.1, -0.05) is 17.7 Å². The van der Waals surface area contributed by atoms with E-state index in [1.165, 1.54) is 5.56 Å². The first-order valence-corrected chi connectivity index (χ1v) is 7.00. The lowest BCUT2D eigenvalue weighted by molar-refractivity contribution is -0.0327. The summed E-state index contributed by atoms with van der Waals surface area (Å²) in [6, 6.07) is 6.11. The van der Waals surface area contributed by atoms with Crippen LogP contribution in [0.1, 0.15) is 37.8 Å². The fraction of sp³-hybridized carbons (Fsp3) is 0.600. The summed E-state index contributed by atoms with van der Waals surface area (Å²) < 4.78 is 11.8. The molecular weight excluding hydrogens is 248 g/mol. The number of halogens is 1. The minimum absolute atomic E-state index is 0.00336. The molecule has 0 aromatic heterocycles. The van der Waals surface area contributed by atoms with E-state index in [0.29, 0.717) is 12.5 Å². The largest absolute Gasteiger partial charge is 0.491 e. The van der Waals surface area contributed by atoms with Crippen LogP contribution in [0.25, 0.3) is 0 Å². The highest BCUT2D eigenvalue weighted by atomic mass is 35.5. The van der Waals surface area contributed by atoms with Gasteiger partial charge in [0, 0.05) is 5.56 Å². The number of benzene rings is 1. The maximum absolute atomic E-state index is 5.93. The van der Waals surface area contributed by atoms with Gasteiger partial charge < -0.3 is 9.47 Å². The van der Waals surface area contributed by atoms with E-state index in [-0.39, 0.29) is 11.7 Å². The summed E-state index contributed by atoms with van der Waals surface area (Å²) in [5, 5.41) is 0. The van der Waals surface area contributed by atoms with Gasteiger partial charge in [0.15, 0.2) is 0 Å². The monoisotopic (exact) mass is 268 g/mol. The average Bonchev–Trinajstić information content (AvgIpc) is 2.67. The molecule has 0 N–H and O–H groups in total. The summed E-state index contributed by atoms with van der Waals surface area (Å²) in [7, 11) is 0. The van der Waals surface area contributed by atoms with Gasteiger partial charge in [-0.25, -0.2) is 0 Å². The van der Waals surface area contributed by atoms with Crippen LogP contribution in [0.2, 0.25) is 0 Å². The van der Waals surface area contributed by atoms with Crippen LogP contribution in [0.5, 0.6) is 5.75 Å². The van der Waals surface area contributed by atoms with E-state index < -0.39 is 0 Å². The van der Waals surface area contributed by atoms with Crippen molar-refractivity contribution in [1.82, 2.24) is 0 Å². The smallest absolute Gasteiger partial charge is 0.123 e. The molecule has 2 nitrogen and oxygen atoms in total. The molecule has 0 bridgehead atoms. The minimum atomic E-state index is -0.00336. The molecule has 2 rings (SSSR count). The Morgan fingerprint density at radius 1 is 1.44 bits per heavy atom. The average molecular weight is 269 g/mol. The molecule has 0 amide bonds. The molecule has 1 aliphatic rings. The molecule has 1 aromatic rings. The molecule has 1 aromatic carbocycles. The molecule has 100 valence electrons. The Kier molecular flexibility index (Phi) is 4.18. The van der Waals surface area contributed by atoms with Crippen LogP contribution in [0.3, 0.4) is 0 Å². The van der Waals surface area contributed by atoms with Crippen molar-refractivity contribution in [2.45, 2.75) is 51.2 Å². The lowest BCUT2D eigenvalue weighted by atomic mass is 10.1. The van der Waals surface area contributed by atoms with Crippen molar-refractivity contribution in [2.75, 3.05) is 6.61 Å². The quantitative estimate of drug-likeness (QED) is 0.767. The van der Waals surface area contributed by atoms with Crippen LogP contribution < -0.4 is 4.74 Å². The van der Waals surface area contributed by atoms with E-state index in [1.54, 1.807) is 0 Å². The normalized spacial score (nSPS) is 22.1. The van der Waals surface area contributed by atoms with Crippen molar-refractivity contribution >= 4 is 11.6 Å². The Balaban J connectivity index is 1.94.